The van der Waals surface area contributed by atoms with Gasteiger partial charge in [-0.2, -0.15) is 0 Å². The molecule has 1 amide bonds. The summed E-state index contributed by atoms with van der Waals surface area (Å²) in [5, 5.41) is 0. The van der Waals surface area contributed by atoms with E-state index in [1.807, 2.05) is 66.5 Å². The minimum atomic E-state index is 0.140. The first-order chi connectivity index (χ1) is 14.7. The van der Waals surface area contributed by atoms with Gasteiger partial charge in [0.1, 0.15) is 6.54 Å². The Labute approximate surface area is 177 Å². The van der Waals surface area contributed by atoms with Crippen LogP contribution in [-0.4, -0.2) is 31.2 Å². The predicted octanol–water partition coefficient (Wildman–Crippen LogP) is 2.66. The van der Waals surface area contributed by atoms with Crippen LogP contribution in [0.1, 0.15) is 16.7 Å². The van der Waals surface area contributed by atoms with Gasteiger partial charge in [0.05, 0.1) is 7.05 Å². The number of carbonyl (C=O) groups is 1. The molecular formula is C25H27N2O3+. The third kappa shape index (κ3) is 5.19. The van der Waals surface area contributed by atoms with Crippen LogP contribution < -0.4 is 14.4 Å². The molecule has 4 rings (SSSR count). The fourth-order valence-electron chi connectivity index (χ4n) is 3.67. The van der Waals surface area contributed by atoms with E-state index in [9.17, 15) is 4.79 Å². The summed E-state index contributed by atoms with van der Waals surface area (Å²) in [5.41, 5.74) is 3.40. The quantitative estimate of drug-likeness (QED) is 0.629. The molecule has 5 nitrogen and oxygen atoms in total. The third-order valence-corrected chi connectivity index (χ3v) is 5.18. The monoisotopic (exact) mass is 403 g/mol. The number of likely N-dealkylation sites (N-methyl/N-ethyl adjacent to an activating group) is 1. The van der Waals surface area contributed by atoms with Gasteiger partial charge < -0.3 is 19.3 Å². The van der Waals surface area contributed by atoms with E-state index in [1.165, 1.54) is 0 Å². The average molecular weight is 404 g/mol. The number of ether oxygens (including phenoxy) is 2. The molecule has 3 aromatic rings. The van der Waals surface area contributed by atoms with Crippen molar-refractivity contribution in [3.8, 4) is 11.5 Å². The summed E-state index contributed by atoms with van der Waals surface area (Å²) in [5.74, 6) is 1.70. The Kier molecular flexibility index (Phi) is 6.30. The molecule has 0 fully saturated rings. The predicted molar refractivity (Wildman–Crippen MR) is 115 cm³/mol. The average Bonchev–Trinajstić information content (AvgIpc) is 3.22. The standard InChI is InChI=1S/C25H26N2O3/c1-26(15-22-12-13-23-24(14-22)30-19-29-23)18-25(28)27(16-20-8-4-2-5-9-20)17-21-10-6-3-7-11-21/h2-14H,15-19H2,1H3/p+1. The normalized spacial score (nSPS) is 13.1. The molecule has 1 N–H and O–H groups in total. The summed E-state index contributed by atoms with van der Waals surface area (Å²) < 4.78 is 10.8. The Bertz CT molecular complexity index is 935. The molecule has 0 saturated carbocycles. The lowest BCUT2D eigenvalue weighted by atomic mass is 10.1. The van der Waals surface area contributed by atoms with Crippen molar-refractivity contribution in [2.24, 2.45) is 0 Å². The molecule has 1 atom stereocenters. The van der Waals surface area contributed by atoms with E-state index >= 15 is 0 Å². The number of rotatable bonds is 8. The van der Waals surface area contributed by atoms with Crippen LogP contribution in [-0.2, 0) is 24.4 Å². The fourth-order valence-corrected chi connectivity index (χ4v) is 3.67. The zero-order chi connectivity index (χ0) is 20.8. The minimum absolute atomic E-state index is 0.140. The minimum Gasteiger partial charge on any atom is -0.454 e. The van der Waals surface area contributed by atoms with Crippen molar-refractivity contribution >= 4 is 5.91 Å². The van der Waals surface area contributed by atoms with Crippen LogP contribution in [0.4, 0.5) is 0 Å². The van der Waals surface area contributed by atoms with E-state index in [-0.39, 0.29) is 12.7 Å². The van der Waals surface area contributed by atoms with Gasteiger partial charge >= 0.3 is 0 Å². The first kappa shape index (κ1) is 20.0. The molecule has 1 heterocycles. The first-order valence-electron chi connectivity index (χ1n) is 10.2. The molecule has 0 bridgehead atoms. The largest absolute Gasteiger partial charge is 0.454 e. The van der Waals surface area contributed by atoms with E-state index in [0.29, 0.717) is 19.6 Å². The first-order valence-corrected chi connectivity index (χ1v) is 10.2. The summed E-state index contributed by atoms with van der Waals surface area (Å²) in [7, 11) is 2.05. The molecule has 30 heavy (non-hydrogen) atoms. The summed E-state index contributed by atoms with van der Waals surface area (Å²) in [6.07, 6.45) is 0. The highest BCUT2D eigenvalue weighted by atomic mass is 16.7. The molecule has 0 aromatic heterocycles. The van der Waals surface area contributed by atoms with Crippen LogP contribution >= 0.6 is 0 Å². The number of nitrogens with zero attached hydrogens (tertiary/aromatic N) is 1. The van der Waals surface area contributed by atoms with Crippen molar-refractivity contribution in [3.05, 3.63) is 95.6 Å². The number of carbonyl (C=O) groups excluding carboxylic acids is 1. The molecule has 5 heteroatoms. The lowest BCUT2D eigenvalue weighted by Gasteiger charge is -2.24. The van der Waals surface area contributed by atoms with Crippen molar-refractivity contribution in [1.82, 2.24) is 4.90 Å². The maximum Gasteiger partial charge on any atom is 0.278 e. The molecule has 3 aromatic carbocycles. The van der Waals surface area contributed by atoms with E-state index < -0.39 is 0 Å². The van der Waals surface area contributed by atoms with Crippen LogP contribution in [0.5, 0.6) is 11.5 Å². The second kappa shape index (κ2) is 9.46. The van der Waals surface area contributed by atoms with Gasteiger partial charge in [-0.3, -0.25) is 4.79 Å². The zero-order valence-electron chi connectivity index (χ0n) is 17.2. The number of quaternary nitrogens is 1. The highest BCUT2D eigenvalue weighted by Crippen LogP contribution is 2.32. The number of amides is 1. The molecule has 0 radical (unpaired) electrons. The van der Waals surface area contributed by atoms with Crippen molar-refractivity contribution in [3.63, 3.8) is 0 Å². The second-order valence-electron chi connectivity index (χ2n) is 7.72. The lowest BCUT2D eigenvalue weighted by molar-refractivity contribution is -0.885. The molecule has 0 saturated heterocycles. The van der Waals surface area contributed by atoms with E-state index in [0.717, 1.165) is 39.6 Å². The number of fused-ring (bicyclic) bond motifs is 1. The van der Waals surface area contributed by atoms with Crippen molar-refractivity contribution < 1.29 is 19.2 Å². The summed E-state index contributed by atoms with van der Waals surface area (Å²) in [4.78, 5) is 16.3. The van der Waals surface area contributed by atoms with Gasteiger partial charge in [-0.05, 0) is 29.3 Å². The van der Waals surface area contributed by atoms with Crippen molar-refractivity contribution in [2.75, 3.05) is 20.4 Å². The Hall–Kier alpha value is -3.31. The van der Waals surface area contributed by atoms with Gasteiger partial charge in [0.25, 0.3) is 5.91 Å². The van der Waals surface area contributed by atoms with Crippen LogP contribution in [0, 0.1) is 0 Å². The van der Waals surface area contributed by atoms with Crippen LogP contribution in [0.25, 0.3) is 0 Å². The Balaban J connectivity index is 1.42. The highest BCUT2D eigenvalue weighted by Gasteiger charge is 2.20. The molecular weight excluding hydrogens is 376 g/mol. The van der Waals surface area contributed by atoms with Crippen molar-refractivity contribution in [2.45, 2.75) is 19.6 Å². The summed E-state index contributed by atoms with van der Waals surface area (Å²) >= 11 is 0. The SMILES string of the molecule is C[NH+](CC(=O)N(Cc1ccccc1)Cc1ccccc1)Cc1ccc2c(c1)OCO2. The van der Waals surface area contributed by atoms with Crippen LogP contribution in [0.3, 0.4) is 0 Å². The van der Waals surface area contributed by atoms with Gasteiger partial charge in [0.2, 0.25) is 6.79 Å². The highest BCUT2D eigenvalue weighted by molar-refractivity contribution is 5.77. The molecule has 0 aliphatic carbocycles. The molecule has 1 aliphatic rings. The maximum absolute atomic E-state index is 13.2. The van der Waals surface area contributed by atoms with E-state index in [1.54, 1.807) is 0 Å². The van der Waals surface area contributed by atoms with Crippen LogP contribution in [0.15, 0.2) is 78.9 Å². The lowest BCUT2D eigenvalue weighted by Crippen LogP contribution is -3.08. The Morgan fingerprint density at radius 3 is 2.07 bits per heavy atom. The Morgan fingerprint density at radius 1 is 0.833 bits per heavy atom. The second-order valence-corrected chi connectivity index (χ2v) is 7.72. The third-order valence-electron chi connectivity index (χ3n) is 5.18. The van der Waals surface area contributed by atoms with Gasteiger partial charge in [-0.15, -0.1) is 0 Å². The Morgan fingerprint density at radius 2 is 1.43 bits per heavy atom. The van der Waals surface area contributed by atoms with Gasteiger partial charge in [-0.25, -0.2) is 0 Å². The fraction of sp³-hybridized carbons (Fsp3) is 0.240. The topological polar surface area (TPSA) is 43.2 Å². The van der Waals surface area contributed by atoms with E-state index in [2.05, 4.69) is 24.3 Å². The van der Waals surface area contributed by atoms with Crippen molar-refractivity contribution in [1.29, 1.82) is 0 Å². The van der Waals surface area contributed by atoms with E-state index in [4.69, 9.17) is 9.47 Å². The molecule has 0 spiro atoms. The molecule has 1 unspecified atom stereocenters. The summed E-state index contributed by atoms with van der Waals surface area (Å²) in [6, 6.07) is 26.3. The van der Waals surface area contributed by atoms with Gasteiger partial charge in [0.15, 0.2) is 18.0 Å². The number of nitrogens with one attached hydrogen (secondary N) is 1. The molecule has 1 aliphatic heterocycles. The maximum atomic E-state index is 13.2. The van der Waals surface area contributed by atoms with Crippen LogP contribution in [0.2, 0.25) is 0 Å². The van der Waals surface area contributed by atoms with Gasteiger partial charge in [0, 0.05) is 18.7 Å². The summed E-state index contributed by atoms with van der Waals surface area (Å²) in [6.45, 7) is 2.65. The van der Waals surface area contributed by atoms with Gasteiger partial charge in [-0.1, -0.05) is 60.7 Å². The number of hydrogen-bond acceptors (Lipinski definition) is 3. The number of benzene rings is 3. The smallest absolute Gasteiger partial charge is 0.278 e. The molecule has 154 valence electrons. The number of hydrogen-bond donors (Lipinski definition) is 1. The zero-order valence-corrected chi connectivity index (χ0v) is 17.2.